The minimum absolute atomic E-state index is 0.106. The number of nitrogens with zero attached hydrogens (tertiary/aromatic N) is 2. The topological polar surface area (TPSA) is 107 Å². The van der Waals surface area contributed by atoms with Gasteiger partial charge in [-0.15, -0.1) is 0 Å². The second kappa shape index (κ2) is 8.71. The lowest BCUT2D eigenvalue weighted by Gasteiger charge is -2.06. The first-order valence-electron chi connectivity index (χ1n) is 8.73. The number of carbonyl (C=O) groups excluding carboxylic acids is 1. The molecule has 9 heteroatoms. The van der Waals surface area contributed by atoms with Crippen molar-refractivity contribution in [3.8, 4) is 0 Å². The Hall–Kier alpha value is -3.13. The van der Waals surface area contributed by atoms with Gasteiger partial charge in [-0.3, -0.25) is 19.5 Å². The van der Waals surface area contributed by atoms with Crippen molar-refractivity contribution >= 4 is 34.3 Å². The molecule has 0 aliphatic rings. The molecule has 1 N–H and O–H groups in total. The lowest BCUT2D eigenvalue weighted by Crippen LogP contribution is -2.26. The van der Waals surface area contributed by atoms with Gasteiger partial charge in [-0.25, -0.2) is 4.79 Å². The molecule has 0 spiro atoms. The third-order valence-electron chi connectivity index (χ3n) is 4.30. The van der Waals surface area contributed by atoms with E-state index in [1.54, 1.807) is 12.1 Å². The van der Waals surface area contributed by atoms with Gasteiger partial charge in [0.05, 0.1) is 16.5 Å². The second-order valence-corrected chi connectivity index (χ2v) is 6.70. The molecule has 3 aromatic rings. The molecular formula is C19H18ClN3O5. The molecule has 0 unspecified atom stereocenters. The Bertz CT molecular complexity index is 1060. The number of aryl methyl sites for hydroxylation is 1. The van der Waals surface area contributed by atoms with Crippen LogP contribution in [-0.2, 0) is 17.8 Å². The quantitative estimate of drug-likeness (QED) is 0.458. The molecule has 0 saturated heterocycles. The normalized spacial score (nSPS) is 10.9. The highest BCUT2D eigenvalue weighted by Gasteiger charge is 2.14. The Morgan fingerprint density at radius 2 is 1.96 bits per heavy atom. The number of rotatable bonds is 8. The summed E-state index contributed by atoms with van der Waals surface area (Å²) >= 11 is 5.83. The van der Waals surface area contributed by atoms with Gasteiger partial charge in [0.2, 0.25) is 5.91 Å². The van der Waals surface area contributed by atoms with Crippen LogP contribution in [-0.4, -0.2) is 21.9 Å². The number of halogens is 1. The van der Waals surface area contributed by atoms with Crippen molar-refractivity contribution in [2.75, 3.05) is 6.54 Å². The molecule has 0 aliphatic carbocycles. The number of hydrogen-bond donors (Lipinski definition) is 1. The number of nitro benzene ring substituents is 1. The van der Waals surface area contributed by atoms with Crippen molar-refractivity contribution in [1.82, 2.24) is 9.88 Å². The second-order valence-electron chi connectivity index (χ2n) is 6.26. The van der Waals surface area contributed by atoms with Gasteiger partial charge in [0.25, 0.3) is 5.69 Å². The fourth-order valence-electron chi connectivity index (χ4n) is 2.86. The van der Waals surface area contributed by atoms with Crippen LogP contribution >= 0.6 is 11.6 Å². The molecule has 1 heterocycles. The number of amides is 1. The zero-order valence-corrected chi connectivity index (χ0v) is 15.6. The molecule has 3 rings (SSSR count). The number of oxazole rings is 1. The average molecular weight is 404 g/mol. The number of nitrogens with one attached hydrogen (secondary N) is 1. The first-order valence-corrected chi connectivity index (χ1v) is 9.11. The van der Waals surface area contributed by atoms with Gasteiger partial charge < -0.3 is 9.73 Å². The van der Waals surface area contributed by atoms with Gasteiger partial charge >= 0.3 is 5.76 Å². The largest absolute Gasteiger partial charge is 0.419 e. The molecule has 1 aromatic heterocycles. The van der Waals surface area contributed by atoms with Gasteiger partial charge in [0.15, 0.2) is 5.58 Å². The molecule has 28 heavy (non-hydrogen) atoms. The van der Waals surface area contributed by atoms with E-state index in [9.17, 15) is 19.7 Å². The Morgan fingerprint density at radius 3 is 2.68 bits per heavy atom. The van der Waals surface area contributed by atoms with Crippen molar-refractivity contribution < 1.29 is 14.1 Å². The Morgan fingerprint density at radius 1 is 1.21 bits per heavy atom. The monoisotopic (exact) mass is 403 g/mol. The SMILES string of the molecule is O=C(CCCn1c(=O)oc2cc([N+](=O)[O-])ccc21)NCCc1ccc(Cl)cc1. The molecule has 0 fully saturated rings. The van der Waals surface area contributed by atoms with Crippen LogP contribution in [0.5, 0.6) is 0 Å². The lowest BCUT2D eigenvalue weighted by atomic mass is 10.1. The van der Waals surface area contributed by atoms with Crippen LogP contribution in [0.2, 0.25) is 5.02 Å². The molecule has 0 radical (unpaired) electrons. The van der Waals surface area contributed by atoms with E-state index in [0.717, 1.165) is 5.56 Å². The van der Waals surface area contributed by atoms with E-state index < -0.39 is 10.7 Å². The molecule has 0 saturated carbocycles. The molecule has 8 nitrogen and oxygen atoms in total. The highest BCUT2D eigenvalue weighted by Crippen LogP contribution is 2.20. The highest BCUT2D eigenvalue weighted by molar-refractivity contribution is 6.30. The smallest absolute Gasteiger partial charge is 0.407 e. The van der Waals surface area contributed by atoms with Crippen LogP contribution in [0.25, 0.3) is 11.1 Å². The fourth-order valence-corrected chi connectivity index (χ4v) is 2.99. The molecule has 0 bridgehead atoms. The van der Waals surface area contributed by atoms with E-state index >= 15 is 0 Å². The van der Waals surface area contributed by atoms with Gasteiger partial charge in [-0.2, -0.15) is 0 Å². The summed E-state index contributed by atoms with van der Waals surface area (Å²) < 4.78 is 6.44. The van der Waals surface area contributed by atoms with Crippen LogP contribution < -0.4 is 11.1 Å². The number of fused-ring (bicyclic) bond motifs is 1. The third-order valence-corrected chi connectivity index (χ3v) is 4.55. The van der Waals surface area contributed by atoms with Gasteiger partial charge in [-0.05, 0) is 36.6 Å². The fraction of sp³-hybridized carbons (Fsp3) is 0.263. The Labute approximate surface area is 164 Å². The number of benzene rings is 2. The summed E-state index contributed by atoms with van der Waals surface area (Å²) in [4.78, 5) is 34.2. The molecule has 0 atom stereocenters. The molecular weight excluding hydrogens is 386 g/mol. The minimum Gasteiger partial charge on any atom is -0.407 e. The number of carbonyl (C=O) groups is 1. The number of nitro groups is 1. The van der Waals surface area contributed by atoms with Crippen molar-refractivity contribution in [2.45, 2.75) is 25.8 Å². The van der Waals surface area contributed by atoms with E-state index in [-0.39, 0.29) is 30.1 Å². The van der Waals surface area contributed by atoms with Crippen LogP contribution in [0.1, 0.15) is 18.4 Å². The van der Waals surface area contributed by atoms with Crippen LogP contribution in [0, 0.1) is 10.1 Å². The molecule has 1 amide bonds. The first-order chi connectivity index (χ1) is 13.4. The average Bonchev–Trinajstić information content (AvgIpc) is 2.98. The number of aromatic nitrogens is 1. The van der Waals surface area contributed by atoms with Crippen molar-refractivity contribution in [2.24, 2.45) is 0 Å². The van der Waals surface area contributed by atoms with Crippen molar-refractivity contribution in [3.05, 3.63) is 73.7 Å². The maximum absolute atomic E-state index is 12.0. The minimum atomic E-state index is -0.598. The van der Waals surface area contributed by atoms with Crippen LogP contribution in [0.4, 0.5) is 5.69 Å². The predicted molar refractivity (Wildman–Crippen MR) is 105 cm³/mol. The summed E-state index contributed by atoms with van der Waals surface area (Å²) in [5, 5.41) is 14.3. The van der Waals surface area contributed by atoms with E-state index in [2.05, 4.69) is 5.32 Å². The third kappa shape index (κ3) is 4.77. The summed E-state index contributed by atoms with van der Waals surface area (Å²) in [7, 11) is 0. The van der Waals surface area contributed by atoms with Gasteiger partial charge in [0.1, 0.15) is 0 Å². The Kier molecular flexibility index (Phi) is 6.10. The summed E-state index contributed by atoms with van der Waals surface area (Å²) in [6.45, 7) is 0.799. The number of hydrogen-bond acceptors (Lipinski definition) is 5. The lowest BCUT2D eigenvalue weighted by molar-refractivity contribution is -0.384. The molecule has 146 valence electrons. The zero-order valence-electron chi connectivity index (χ0n) is 14.9. The summed E-state index contributed by atoms with van der Waals surface area (Å²) in [5.41, 5.74) is 1.56. The summed E-state index contributed by atoms with van der Waals surface area (Å²) in [6, 6.07) is 11.4. The van der Waals surface area contributed by atoms with E-state index in [0.29, 0.717) is 29.9 Å². The van der Waals surface area contributed by atoms with Crippen LogP contribution in [0.3, 0.4) is 0 Å². The van der Waals surface area contributed by atoms with Gasteiger partial charge in [0, 0.05) is 30.6 Å². The maximum Gasteiger partial charge on any atom is 0.419 e. The standard InChI is InChI=1S/C19H18ClN3O5/c20-14-5-3-13(4-6-14)9-10-21-18(24)2-1-11-22-16-8-7-15(23(26)27)12-17(16)28-19(22)25/h3-8,12H,1-2,9-11H2,(H,21,24). The van der Waals surface area contributed by atoms with Gasteiger partial charge in [-0.1, -0.05) is 23.7 Å². The molecule has 0 aliphatic heterocycles. The van der Waals surface area contributed by atoms with E-state index in [1.165, 1.54) is 22.8 Å². The van der Waals surface area contributed by atoms with Crippen LogP contribution in [0.15, 0.2) is 51.7 Å². The zero-order chi connectivity index (χ0) is 20.1. The summed E-state index contributed by atoms with van der Waals surface area (Å²) in [5.74, 6) is -0.705. The Balaban J connectivity index is 1.49. The van der Waals surface area contributed by atoms with Crippen molar-refractivity contribution in [3.63, 3.8) is 0 Å². The van der Waals surface area contributed by atoms with Crippen molar-refractivity contribution in [1.29, 1.82) is 0 Å². The number of non-ortho nitro benzene ring substituents is 1. The molecule has 2 aromatic carbocycles. The highest BCUT2D eigenvalue weighted by atomic mass is 35.5. The summed E-state index contributed by atoms with van der Waals surface area (Å²) in [6.07, 6.45) is 1.40. The van der Waals surface area contributed by atoms with E-state index in [1.807, 2.05) is 12.1 Å². The predicted octanol–water partition coefficient (Wildman–Crippen LogP) is 3.30. The van der Waals surface area contributed by atoms with E-state index in [4.69, 9.17) is 16.0 Å². The maximum atomic E-state index is 12.0. The first kappa shape index (κ1) is 19.6.